The van der Waals surface area contributed by atoms with Crippen LogP contribution in [0.3, 0.4) is 0 Å². The third-order valence-electron chi connectivity index (χ3n) is 4.48. The molecule has 3 rings (SSSR count). The SMILES string of the molecule is N#Cc1ccccc1S(=O)(=O)N1CCN(C(=O)NCc2cccc(Br)c2)CC1. The summed E-state index contributed by atoms with van der Waals surface area (Å²) in [5.41, 5.74) is 1.09. The number of carbonyl (C=O) groups is 1. The maximum absolute atomic E-state index is 12.8. The molecule has 0 unspecified atom stereocenters. The molecule has 0 atom stereocenters. The largest absolute Gasteiger partial charge is 0.334 e. The van der Waals surface area contributed by atoms with E-state index >= 15 is 0 Å². The molecule has 1 heterocycles. The lowest BCUT2D eigenvalue weighted by Crippen LogP contribution is -2.53. The molecule has 2 aromatic rings. The highest BCUT2D eigenvalue weighted by molar-refractivity contribution is 9.10. The van der Waals surface area contributed by atoms with Crippen molar-refractivity contribution in [3.05, 3.63) is 64.1 Å². The van der Waals surface area contributed by atoms with Gasteiger partial charge in [-0.25, -0.2) is 13.2 Å². The molecule has 9 heteroatoms. The van der Waals surface area contributed by atoms with E-state index < -0.39 is 10.0 Å². The molecular formula is C19H19BrN4O3S. The fraction of sp³-hybridized carbons (Fsp3) is 0.263. The van der Waals surface area contributed by atoms with Crippen LogP contribution in [0.5, 0.6) is 0 Å². The molecule has 146 valence electrons. The number of benzene rings is 2. The van der Waals surface area contributed by atoms with E-state index in [1.807, 2.05) is 30.3 Å². The number of urea groups is 1. The van der Waals surface area contributed by atoms with Gasteiger partial charge in [0.1, 0.15) is 6.07 Å². The van der Waals surface area contributed by atoms with Crippen molar-refractivity contribution < 1.29 is 13.2 Å². The highest BCUT2D eigenvalue weighted by atomic mass is 79.9. The lowest BCUT2D eigenvalue weighted by molar-refractivity contribution is 0.172. The van der Waals surface area contributed by atoms with E-state index in [9.17, 15) is 13.2 Å². The second-order valence-electron chi connectivity index (χ2n) is 6.29. The highest BCUT2D eigenvalue weighted by Gasteiger charge is 2.31. The number of hydrogen-bond acceptors (Lipinski definition) is 4. The number of carbonyl (C=O) groups excluding carboxylic acids is 1. The second-order valence-corrected chi connectivity index (χ2v) is 9.11. The van der Waals surface area contributed by atoms with Crippen LogP contribution in [0.15, 0.2) is 57.9 Å². The Morgan fingerprint density at radius 2 is 1.82 bits per heavy atom. The van der Waals surface area contributed by atoms with Crippen molar-refractivity contribution in [3.63, 3.8) is 0 Å². The third kappa shape index (κ3) is 4.52. The van der Waals surface area contributed by atoms with Crippen LogP contribution in [-0.2, 0) is 16.6 Å². The summed E-state index contributed by atoms with van der Waals surface area (Å²) in [6.07, 6.45) is 0. The van der Waals surface area contributed by atoms with Gasteiger partial charge in [0.15, 0.2) is 0 Å². The van der Waals surface area contributed by atoms with Crippen LogP contribution in [0.25, 0.3) is 0 Å². The Morgan fingerprint density at radius 3 is 2.50 bits per heavy atom. The predicted molar refractivity (Wildman–Crippen MR) is 108 cm³/mol. The van der Waals surface area contributed by atoms with E-state index in [1.54, 1.807) is 17.0 Å². The molecule has 7 nitrogen and oxygen atoms in total. The monoisotopic (exact) mass is 462 g/mol. The van der Waals surface area contributed by atoms with Gasteiger partial charge in [-0.2, -0.15) is 9.57 Å². The molecule has 0 aliphatic carbocycles. The fourth-order valence-electron chi connectivity index (χ4n) is 2.99. The van der Waals surface area contributed by atoms with Crippen LogP contribution in [0.2, 0.25) is 0 Å². The Hall–Kier alpha value is -2.41. The lowest BCUT2D eigenvalue weighted by atomic mass is 10.2. The number of nitriles is 1. The zero-order chi connectivity index (χ0) is 20.1. The van der Waals surface area contributed by atoms with Crippen LogP contribution in [0.1, 0.15) is 11.1 Å². The molecule has 1 fully saturated rings. The van der Waals surface area contributed by atoms with Gasteiger partial charge in [0.2, 0.25) is 10.0 Å². The van der Waals surface area contributed by atoms with Crippen molar-refractivity contribution in [1.82, 2.24) is 14.5 Å². The lowest BCUT2D eigenvalue weighted by Gasteiger charge is -2.34. The number of piperazine rings is 1. The Labute approximate surface area is 172 Å². The first-order valence-corrected chi connectivity index (χ1v) is 10.9. The van der Waals surface area contributed by atoms with Crippen LogP contribution < -0.4 is 5.32 Å². The van der Waals surface area contributed by atoms with Crippen molar-refractivity contribution in [2.24, 2.45) is 0 Å². The molecule has 1 N–H and O–H groups in total. The van der Waals surface area contributed by atoms with Crippen LogP contribution in [0.4, 0.5) is 4.79 Å². The minimum Gasteiger partial charge on any atom is -0.334 e. The number of sulfonamides is 1. The molecule has 2 aromatic carbocycles. The predicted octanol–water partition coefficient (Wildman–Crippen LogP) is 2.54. The van der Waals surface area contributed by atoms with Crippen molar-refractivity contribution in [3.8, 4) is 6.07 Å². The first-order valence-electron chi connectivity index (χ1n) is 8.68. The standard InChI is InChI=1S/C19H19BrN4O3S/c20-17-6-3-4-15(12-17)14-22-19(25)23-8-10-24(11-9-23)28(26,27)18-7-2-1-5-16(18)13-21/h1-7,12H,8-11,14H2,(H,22,25). The Morgan fingerprint density at radius 1 is 1.11 bits per heavy atom. The minimum atomic E-state index is -3.77. The van der Waals surface area contributed by atoms with Gasteiger partial charge >= 0.3 is 6.03 Å². The Kier molecular flexibility index (Phi) is 6.34. The Balaban J connectivity index is 1.59. The van der Waals surface area contributed by atoms with Crippen molar-refractivity contribution in [1.29, 1.82) is 5.26 Å². The third-order valence-corrected chi connectivity index (χ3v) is 6.93. The summed E-state index contributed by atoms with van der Waals surface area (Å²) in [5, 5.41) is 12.0. The summed E-state index contributed by atoms with van der Waals surface area (Å²) >= 11 is 3.39. The molecule has 0 aromatic heterocycles. The Bertz CT molecular complexity index is 1010. The molecule has 0 bridgehead atoms. The van der Waals surface area contributed by atoms with Gasteiger partial charge in [-0.1, -0.05) is 40.2 Å². The van der Waals surface area contributed by atoms with Gasteiger partial charge in [0.25, 0.3) is 0 Å². The number of halogens is 1. The van der Waals surface area contributed by atoms with E-state index in [2.05, 4.69) is 21.2 Å². The van der Waals surface area contributed by atoms with Crippen molar-refractivity contribution >= 4 is 32.0 Å². The van der Waals surface area contributed by atoms with Gasteiger partial charge in [-0.3, -0.25) is 0 Å². The maximum Gasteiger partial charge on any atom is 0.317 e. The normalized spacial score (nSPS) is 15.1. The molecule has 2 amide bonds. The molecule has 28 heavy (non-hydrogen) atoms. The maximum atomic E-state index is 12.8. The van der Waals surface area contributed by atoms with E-state index in [0.717, 1.165) is 10.0 Å². The van der Waals surface area contributed by atoms with Gasteiger partial charge in [0, 0.05) is 37.2 Å². The fourth-order valence-corrected chi connectivity index (χ4v) is 5.00. The van der Waals surface area contributed by atoms with Crippen LogP contribution >= 0.6 is 15.9 Å². The van der Waals surface area contributed by atoms with Crippen LogP contribution in [0, 0.1) is 11.3 Å². The number of nitrogens with zero attached hydrogens (tertiary/aromatic N) is 3. The first-order chi connectivity index (χ1) is 13.4. The van der Waals surface area contributed by atoms with Gasteiger partial charge in [-0.15, -0.1) is 0 Å². The zero-order valence-corrected chi connectivity index (χ0v) is 17.4. The highest BCUT2D eigenvalue weighted by Crippen LogP contribution is 2.21. The van der Waals surface area contributed by atoms with Gasteiger partial charge in [-0.05, 0) is 29.8 Å². The summed E-state index contributed by atoms with van der Waals surface area (Å²) in [6, 6.07) is 15.5. The summed E-state index contributed by atoms with van der Waals surface area (Å²) in [4.78, 5) is 14.0. The summed E-state index contributed by atoms with van der Waals surface area (Å²) < 4.78 is 27.9. The topological polar surface area (TPSA) is 93.5 Å². The smallest absolute Gasteiger partial charge is 0.317 e. The van der Waals surface area contributed by atoms with E-state index in [0.29, 0.717) is 6.54 Å². The summed E-state index contributed by atoms with van der Waals surface area (Å²) in [6.45, 7) is 1.35. The second kappa shape index (κ2) is 8.73. The number of amides is 2. The minimum absolute atomic E-state index is 0.00468. The molecule has 0 radical (unpaired) electrons. The van der Waals surface area contributed by atoms with Crippen molar-refractivity contribution in [2.75, 3.05) is 26.2 Å². The van der Waals surface area contributed by atoms with Crippen LogP contribution in [-0.4, -0.2) is 49.8 Å². The molecule has 0 spiro atoms. The zero-order valence-electron chi connectivity index (χ0n) is 15.0. The molecule has 1 aliphatic heterocycles. The molecule has 1 aliphatic rings. The van der Waals surface area contributed by atoms with Crippen molar-refractivity contribution in [2.45, 2.75) is 11.4 Å². The van der Waals surface area contributed by atoms with E-state index in [4.69, 9.17) is 5.26 Å². The van der Waals surface area contributed by atoms with Gasteiger partial charge in [0.05, 0.1) is 10.5 Å². The number of hydrogen-bond donors (Lipinski definition) is 1. The quantitative estimate of drug-likeness (QED) is 0.754. The van der Waals surface area contributed by atoms with E-state index in [-0.39, 0.29) is 42.7 Å². The summed E-state index contributed by atoms with van der Waals surface area (Å²) in [7, 11) is -3.77. The first kappa shape index (κ1) is 20.3. The average molecular weight is 463 g/mol. The average Bonchev–Trinajstić information content (AvgIpc) is 2.72. The molecule has 0 saturated carbocycles. The molecular weight excluding hydrogens is 444 g/mol. The van der Waals surface area contributed by atoms with Gasteiger partial charge < -0.3 is 10.2 Å². The number of nitrogens with one attached hydrogen (secondary N) is 1. The molecule has 1 saturated heterocycles. The number of rotatable bonds is 4. The van der Waals surface area contributed by atoms with E-state index in [1.165, 1.54) is 16.4 Å². The summed E-state index contributed by atoms with van der Waals surface area (Å²) in [5.74, 6) is 0.